The van der Waals surface area contributed by atoms with E-state index < -0.39 is 11.8 Å². The standard InChI is InChI=1S/C21H17NO3/c23-16-10-15-13-8-4-5-9-14(13)17(16)19-18(15)20(24)22(21(19)25)11-12-6-2-1-3-7-12/h1-9,15,17-19H,10-11H2/t15-,17+,18-,19-/m0/s1. The number of nitrogens with zero attached hydrogens (tertiary/aromatic N) is 1. The highest BCUT2D eigenvalue weighted by Crippen LogP contribution is 2.57. The van der Waals surface area contributed by atoms with Crippen LogP contribution >= 0.6 is 0 Å². The van der Waals surface area contributed by atoms with Crippen molar-refractivity contribution in [1.29, 1.82) is 0 Å². The Kier molecular flexibility index (Phi) is 2.99. The molecule has 0 spiro atoms. The number of benzene rings is 2. The van der Waals surface area contributed by atoms with Crippen LogP contribution in [0.4, 0.5) is 0 Å². The van der Waals surface area contributed by atoms with Crippen molar-refractivity contribution in [3.63, 3.8) is 0 Å². The number of Topliss-reactive ketones (excluding diaryl/α,β-unsaturated/α-hetero) is 1. The van der Waals surface area contributed by atoms with Crippen LogP contribution in [0.25, 0.3) is 0 Å². The Morgan fingerprint density at radius 3 is 2.20 bits per heavy atom. The van der Waals surface area contributed by atoms with Gasteiger partial charge in [0.15, 0.2) is 0 Å². The SMILES string of the molecule is O=C1C[C@H]2c3ccccc3[C@H]1[C@@H]1C(=O)N(Cc3ccccc3)C(=O)[C@H]12. The molecular formula is C21H17NO3. The lowest BCUT2D eigenvalue weighted by atomic mass is 9.56. The van der Waals surface area contributed by atoms with E-state index >= 15 is 0 Å². The number of ketones is 1. The Morgan fingerprint density at radius 2 is 1.44 bits per heavy atom. The summed E-state index contributed by atoms with van der Waals surface area (Å²) in [6.45, 7) is 0.287. The van der Waals surface area contributed by atoms with Crippen molar-refractivity contribution in [3.05, 3.63) is 71.3 Å². The van der Waals surface area contributed by atoms with Gasteiger partial charge in [-0.2, -0.15) is 0 Å². The number of carbonyl (C=O) groups is 3. The Bertz CT molecular complexity index is 904. The molecule has 2 fully saturated rings. The molecule has 2 aromatic carbocycles. The summed E-state index contributed by atoms with van der Waals surface area (Å²) >= 11 is 0. The lowest BCUT2D eigenvalue weighted by molar-refractivity contribution is -0.141. The van der Waals surface area contributed by atoms with Crippen LogP contribution in [0, 0.1) is 11.8 Å². The largest absolute Gasteiger partial charge is 0.299 e. The number of carbonyl (C=O) groups excluding carboxylic acids is 3. The first-order valence-corrected chi connectivity index (χ1v) is 8.67. The van der Waals surface area contributed by atoms with Crippen molar-refractivity contribution in [2.75, 3.05) is 0 Å². The third-order valence-corrected chi connectivity index (χ3v) is 5.96. The van der Waals surface area contributed by atoms with Gasteiger partial charge in [0.05, 0.1) is 24.3 Å². The van der Waals surface area contributed by atoms with Gasteiger partial charge in [-0.05, 0) is 16.7 Å². The smallest absolute Gasteiger partial charge is 0.234 e. The molecule has 0 unspecified atom stereocenters. The molecule has 6 rings (SSSR count). The van der Waals surface area contributed by atoms with Crippen molar-refractivity contribution in [2.45, 2.75) is 24.8 Å². The minimum absolute atomic E-state index is 0.104. The second-order valence-electron chi connectivity index (χ2n) is 7.18. The first kappa shape index (κ1) is 14.6. The van der Waals surface area contributed by atoms with Gasteiger partial charge >= 0.3 is 0 Å². The van der Waals surface area contributed by atoms with Gasteiger partial charge in [-0.3, -0.25) is 19.3 Å². The fourth-order valence-corrected chi connectivity index (χ4v) is 4.94. The summed E-state index contributed by atoms with van der Waals surface area (Å²) in [7, 11) is 0. The van der Waals surface area contributed by atoms with E-state index in [4.69, 9.17) is 0 Å². The molecule has 0 radical (unpaired) electrons. The van der Waals surface area contributed by atoms with Crippen LogP contribution in [0.5, 0.6) is 0 Å². The molecule has 25 heavy (non-hydrogen) atoms. The number of hydrogen-bond donors (Lipinski definition) is 0. The maximum absolute atomic E-state index is 13.1. The molecule has 1 saturated carbocycles. The van der Waals surface area contributed by atoms with E-state index in [-0.39, 0.29) is 36.0 Å². The van der Waals surface area contributed by atoms with Crippen LogP contribution in [0.1, 0.15) is 34.9 Å². The van der Waals surface area contributed by atoms with Crippen LogP contribution < -0.4 is 0 Å². The summed E-state index contributed by atoms with van der Waals surface area (Å²) in [5, 5.41) is 0. The predicted molar refractivity (Wildman–Crippen MR) is 90.5 cm³/mol. The summed E-state index contributed by atoms with van der Waals surface area (Å²) in [6, 6.07) is 17.3. The predicted octanol–water partition coefficient (Wildman–Crippen LogP) is 2.64. The fourth-order valence-electron chi connectivity index (χ4n) is 4.94. The van der Waals surface area contributed by atoms with Crippen molar-refractivity contribution >= 4 is 17.6 Å². The number of hydrogen-bond acceptors (Lipinski definition) is 3. The highest BCUT2D eigenvalue weighted by Gasteiger charge is 2.62. The average Bonchev–Trinajstić information content (AvgIpc) is 2.89. The lowest BCUT2D eigenvalue weighted by Crippen LogP contribution is -2.44. The van der Waals surface area contributed by atoms with E-state index in [9.17, 15) is 14.4 Å². The zero-order chi connectivity index (χ0) is 17.1. The molecule has 4 aliphatic rings. The lowest BCUT2D eigenvalue weighted by Gasteiger charge is -2.43. The van der Waals surface area contributed by atoms with Crippen molar-refractivity contribution in [2.24, 2.45) is 11.8 Å². The van der Waals surface area contributed by atoms with Crippen molar-refractivity contribution in [1.82, 2.24) is 4.90 Å². The fraction of sp³-hybridized carbons (Fsp3) is 0.286. The maximum Gasteiger partial charge on any atom is 0.234 e. The number of amides is 2. The molecule has 3 aliphatic carbocycles. The van der Waals surface area contributed by atoms with Gasteiger partial charge in [-0.15, -0.1) is 0 Å². The van der Waals surface area contributed by atoms with Crippen LogP contribution in [0.3, 0.4) is 0 Å². The third-order valence-electron chi connectivity index (χ3n) is 5.96. The highest BCUT2D eigenvalue weighted by atomic mass is 16.2. The number of imide groups is 1. The van der Waals surface area contributed by atoms with Gasteiger partial charge in [0.25, 0.3) is 0 Å². The van der Waals surface area contributed by atoms with E-state index in [1.54, 1.807) is 0 Å². The summed E-state index contributed by atoms with van der Waals surface area (Å²) in [5.74, 6) is -1.70. The van der Waals surface area contributed by atoms with Gasteiger partial charge in [-0.25, -0.2) is 0 Å². The first-order chi connectivity index (χ1) is 12.2. The summed E-state index contributed by atoms with van der Waals surface area (Å²) in [5.41, 5.74) is 2.96. The first-order valence-electron chi connectivity index (χ1n) is 8.67. The third kappa shape index (κ3) is 1.91. The van der Waals surface area contributed by atoms with E-state index in [1.165, 1.54) is 4.90 Å². The molecule has 4 heteroatoms. The molecular weight excluding hydrogens is 314 g/mol. The van der Waals surface area contributed by atoms with Crippen LogP contribution in [-0.2, 0) is 20.9 Å². The number of fused-ring (bicyclic) bond motifs is 1. The minimum Gasteiger partial charge on any atom is -0.299 e. The van der Waals surface area contributed by atoms with Crippen LogP contribution in [-0.4, -0.2) is 22.5 Å². The molecule has 4 nitrogen and oxygen atoms in total. The highest BCUT2D eigenvalue weighted by molar-refractivity contribution is 6.11. The van der Waals surface area contributed by atoms with Gasteiger partial charge in [0.2, 0.25) is 11.8 Å². The molecule has 0 N–H and O–H groups in total. The monoisotopic (exact) mass is 331 g/mol. The Hall–Kier alpha value is -2.75. The van der Waals surface area contributed by atoms with E-state index in [2.05, 4.69) is 0 Å². The minimum atomic E-state index is -0.516. The molecule has 0 aromatic heterocycles. The topological polar surface area (TPSA) is 54.5 Å². The van der Waals surface area contributed by atoms with E-state index in [0.717, 1.165) is 16.7 Å². The molecule has 2 amide bonds. The van der Waals surface area contributed by atoms with Crippen LogP contribution in [0.15, 0.2) is 54.6 Å². The normalized spacial score (nSPS) is 29.8. The molecule has 1 aliphatic heterocycles. The second kappa shape index (κ2) is 5.12. The zero-order valence-corrected chi connectivity index (χ0v) is 13.6. The van der Waals surface area contributed by atoms with Gasteiger partial charge < -0.3 is 0 Å². The zero-order valence-electron chi connectivity index (χ0n) is 13.6. The molecule has 124 valence electrons. The summed E-state index contributed by atoms with van der Waals surface area (Å²) in [4.78, 5) is 40.1. The molecule has 2 aromatic rings. The second-order valence-corrected chi connectivity index (χ2v) is 7.18. The van der Waals surface area contributed by atoms with Crippen molar-refractivity contribution in [3.8, 4) is 0 Å². The quantitative estimate of drug-likeness (QED) is 0.795. The van der Waals surface area contributed by atoms with Gasteiger partial charge in [0.1, 0.15) is 5.78 Å². The van der Waals surface area contributed by atoms with E-state index in [1.807, 2.05) is 54.6 Å². The Balaban J connectivity index is 1.57. The van der Waals surface area contributed by atoms with Crippen LogP contribution in [0.2, 0.25) is 0 Å². The van der Waals surface area contributed by atoms with Crippen molar-refractivity contribution < 1.29 is 14.4 Å². The maximum atomic E-state index is 13.1. The average molecular weight is 331 g/mol. The summed E-state index contributed by atoms with van der Waals surface area (Å²) < 4.78 is 0. The van der Waals surface area contributed by atoms with Gasteiger partial charge in [-0.1, -0.05) is 54.6 Å². The van der Waals surface area contributed by atoms with E-state index in [0.29, 0.717) is 6.42 Å². The number of rotatable bonds is 2. The van der Waals surface area contributed by atoms with Gasteiger partial charge in [0, 0.05) is 12.3 Å². The number of likely N-dealkylation sites (tertiary alicyclic amines) is 1. The molecule has 1 heterocycles. The Morgan fingerprint density at radius 1 is 0.800 bits per heavy atom. The molecule has 4 atom stereocenters. The Labute approximate surface area is 145 Å². The molecule has 2 bridgehead atoms. The molecule has 1 saturated heterocycles. The summed E-state index contributed by atoms with van der Waals surface area (Å²) in [6.07, 6.45) is 0.376.